The number of quaternary nitrogens is 1. The van der Waals surface area contributed by atoms with Gasteiger partial charge < -0.3 is 33.6 Å². The molecule has 1 aliphatic rings. The topological polar surface area (TPSA) is 23.5 Å². The second kappa shape index (κ2) is 9.50. The van der Waals surface area contributed by atoms with Crippen LogP contribution in [0.3, 0.4) is 0 Å². The first kappa shape index (κ1) is 22.3. The van der Waals surface area contributed by atoms with Crippen molar-refractivity contribution in [2.75, 3.05) is 46.8 Å². The molecule has 27 heavy (non-hydrogen) atoms. The predicted molar refractivity (Wildman–Crippen MR) is 108 cm³/mol. The summed E-state index contributed by atoms with van der Waals surface area (Å²) in [6, 6.07) is 20.7. The lowest BCUT2D eigenvalue weighted by atomic mass is 9.79. The summed E-state index contributed by atoms with van der Waals surface area (Å²) in [5.41, 5.74) is 1.45. The van der Waals surface area contributed by atoms with Gasteiger partial charge >= 0.3 is 0 Å². The average Bonchev–Trinajstić information content (AvgIpc) is 2.64. The van der Waals surface area contributed by atoms with E-state index in [0.717, 1.165) is 36.1 Å². The number of hydrogen-bond donors (Lipinski definition) is 1. The summed E-state index contributed by atoms with van der Waals surface area (Å²) in [4.78, 5) is 2.54. The van der Waals surface area contributed by atoms with Crippen molar-refractivity contribution in [2.45, 2.75) is 18.9 Å². The van der Waals surface area contributed by atoms with Crippen molar-refractivity contribution in [3.63, 3.8) is 0 Å². The van der Waals surface area contributed by atoms with Gasteiger partial charge in [0.05, 0.1) is 32.8 Å². The summed E-state index contributed by atoms with van der Waals surface area (Å²) in [6.07, 6.45) is 0.886. The maximum Gasteiger partial charge on any atom is 0.0912 e. The van der Waals surface area contributed by atoms with Crippen molar-refractivity contribution in [3.8, 4) is 0 Å². The Balaban J connectivity index is 0.00000261. The quantitative estimate of drug-likeness (QED) is 0.470. The zero-order valence-electron chi connectivity index (χ0n) is 16.8. The molecule has 0 amide bonds. The van der Waals surface area contributed by atoms with Gasteiger partial charge in [0.15, 0.2) is 0 Å². The van der Waals surface area contributed by atoms with Crippen LogP contribution in [0.15, 0.2) is 60.7 Å². The molecule has 1 aliphatic heterocycles. The number of rotatable bonds is 6. The predicted octanol–water partition coefficient (Wildman–Crippen LogP) is 0.149. The molecule has 2 unspecified atom stereocenters. The summed E-state index contributed by atoms with van der Waals surface area (Å²) in [7, 11) is 4.61. The van der Waals surface area contributed by atoms with E-state index < -0.39 is 5.60 Å². The maximum atomic E-state index is 11.5. The third-order valence-electron chi connectivity index (χ3n) is 6.00. The molecule has 3 nitrogen and oxygen atoms in total. The Hall–Kier alpha value is -0.950. The number of piperazine rings is 1. The van der Waals surface area contributed by atoms with E-state index in [1.54, 1.807) is 0 Å². The van der Waals surface area contributed by atoms with E-state index in [9.17, 15) is 5.11 Å². The fourth-order valence-corrected chi connectivity index (χ4v) is 3.89. The third kappa shape index (κ3) is 6.01. The van der Waals surface area contributed by atoms with Gasteiger partial charge in [-0.15, -0.1) is 0 Å². The largest absolute Gasteiger partial charge is 1.00 e. The molecule has 148 valence electrons. The van der Waals surface area contributed by atoms with Gasteiger partial charge in [-0.3, -0.25) is 4.90 Å². The minimum absolute atomic E-state index is 0. The number of nitrogens with zero attached hydrogens (tertiary/aromatic N) is 2. The summed E-state index contributed by atoms with van der Waals surface area (Å²) in [5.74, 6) is 0.154. The van der Waals surface area contributed by atoms with E-state index in [4.69, 9.17) is 0 Å². The monoisotopic (exact) mass is 480 g/mol. The molecule has 1 N–H and O–H groups in total. The Labute approximate surface area is 181 Å². The molecule has 0 aromatic heterocycles. The van der Waals surface area contributed by atoms with Gasteiger partial charge in [-0.25, -0.2) is 0 Å². The minimum Gasteiger partial charge on any atom is -1.00 e. The number of hydrogen-bond acceptors (Lipinski definition) is 2. The molecule has 4 heteroatoms. The van der Waals surface area contributed by atoms with Crippen LogP contribution in [0.25, 0.3) is 0 Å². The van der Waals surface area contributed by atoms with Crippen molar-refractivity contribution in [3.05, 3.63) is 71.8 Å². The van der Waals surface area contributed by atoms with Gasteiger partial charge in [0, 0.05) is 25.6 Å². The van der Waals surface area contributed by atoms with Gasteiger partial charge in [-0.1, -0.05) is 60.7 Å². The SMILES string of the molecule is CC(O)(c1ccccc1)C(Cc1ccccc1)CN1CC[N+](C)(C)CC1.[I-]. The van der Waals surface area contributed by atoms with Crippen LogP contribution < -0.4 is 24.0 Å². The molecule has 1 heterocycles. The number of likely N-dealkylation sites (N-methyl/N-ethyl adjacent to an activating group) is 1. The van der Waals surface area contributed by atoms with Gasteiger partial charge in [0.25, 0.3) is 0 Å². The second-order valence-corrected chi connectivity index (χ2v) is 8.58. The van der Waals surface area contributed by atoms with E-state index in [1.165, 1.54) is 18.7 Å². The standard InChI is InChI=1S/C23H33N2O.HI/c1-23(26,21-12-8-5-9-13-21)22(18-20-10-6-4-7-11-20)19-24-14-16-25(2,3)17-15-24;/h4-13,22,26H,14-19H2,1-3H3;1H/q+1;/p-1. The zero-order valence-corrected chi connectivity index (χ0v) is 19.0. The van der Waals surface area contributed by atoms with Crippen LogP contribution in [0.4, 0.5) is 0 Å². The first-order valence-electron chi connectivity index (χ1n) is 9.73. The van der Waals surface area contributed by atoms with E-state index in [-0.39, 0.29) is 29.9 Å². The van der Waals surface area contributed by atoms with Gasteiger partial charge in [0.2, 0.25) is 0 Å². The molecule has 3 rings (SSSR count). The van der Waals surface area contributed by atoms with E-state index >= 15 is 0 Å². The third-order valence-corrected chi connectivity index (χ3v) is 6.00. The summed E-state index contributed by atoms with van der Waals surface area (Å²) in [5, 5.41) is 11.5. The molecule has 0 aliphatic carbocycles. The fraction of sp³-hybridized carbons (Fsp3) is 0.478. The lowest BCUT2D eigenvalue weighted by Crippen LogP contribution is -3.00. The Bertz CT molecular complexity index is 678. The highest BCUT2D eigenvalue weighted by Gasteiger charge is 2.36. The highest BCUT2D eigenvalue weighted by molar-refractivity contribution is 5.24. The van der Waals surface area contributed by atoms with E-state index in [2.05, 4.69) is 49.3 Å². The molecular weight excluding hydrogens is 447 g/mol. The summed E-state index contributed by atoms with van der Waals surface area (Å²) < 4.78 is 1.09. The lowest BCUT2D eigenvalue weighted by Gasteiger charge is -2.42. The molecule has 2 aromatic rings. The van der Waals surface area contributed by atoms with E-state index in [1.807, 2.05) is 37.3 Å². The van der Waals surface area contributed by atoms with E-state index in [0.29, 0.717) is 0 Å². The Morgan fingerprint density at radius 3 is 2.04 bits per heavy atom. The number of benzene rings is 2. The van der Waals surface area contributed by atoms with Crippen LogP contribution >= 0.6 is 0 Å². The molecule has 2 atom stereocenters. The molecular formula is C23H33IN2O. The van der Waals surface area contributed by atoms with Crippen LogP contribution in [0.1, 0.15) is 18.1 Å². The highest BCUT2D eigenvalue weighted by atomic mass is 127. The van der Waals surface area contributed by atoms with Crippen LogP contribution in [-0.2, 0) is 12.0 Å². The number of aliphatic hydroxyl groups is 1. The Morgan fingerprint density at radius 1 is 0.963 bits per heavy atom. The molecule has 1 saturated heterocycles. The van der Waals surface area contributed by atoms with Gasteiger partial charge in [-0.05, 0) is 24.5 Å². The average molecular weight is 480 g/mol. The normalized spacial score (nSPS) is 20.3. The van der Waals surface area contributed by atoms with Crippen molar-refractivity contribution < 1.29 is 33.6 Å². The smallest absolute Gasteiger partial charge is 0.0912 e. The Morgan fingerprint density at radius 2 is 1.48 bits per heavy atom. The molecule has 0 spiro atoms. The molecule has 2 aromatic carbocycles. The molecule has 0 saturated carbocycles. The molecule has 1 fully saturated rings. The summed E-state index contributed by atoms with van der Waals surface area (Å²) >= 11 is 0. The van der Waals surface area contributed by atoms with Crippen molar-refractivity contribution in [1.82, 2.24) is 4.90 Å². The van der Waals surface area contributed by atoms with Gasteiger partial charge in [-0.2, -0.15) is 0 Å². The molecule has 0 bridgehead atoms. The van der Waals surface area contributed by atoms with Crippen molar-refractivity contribution >= 4 is 0 Å². The first-order valence-corrected chi connectivity index (χ1v) is 9.73. The second-order valence-electron chi connectivity index (χ2n) is 8.58. The lowest BCUT2D eigenvalue weighted by molar-refractivity contribution is -0.894. The van der Waals surface area contributed by atoms with Crippen LogP contribution in [0, 0.1) is 5.92 Å². The zero-order chi connectivity index (χ0) is 18.6. The van der Waals surface area contributed by atoms with Crippen LogP contribution in [0.2, 0.25) is 0 Å². The fourth-order valence-electron chi connectivity index (χ4n) is 3.89. The van der Waals surface area contributed by atoms with Crippen molar-refractivity contribution in [1.29, 1.82) is 0 Å². The van der Waals surface area contributed by atoms with Crippen LogP contribution in [-0.4, -0.2) is 61.3 Å². The van der Waals surface area contributed by atoms with Gasteiger partial charge in [0.1, 0.15) is 0 Å². The minimum atomic E-state index is -0.848. The summed E-state index contributed by atoms with van der Waals surface area (Å²) in [6.45, 7) is 7.46. The van der Waals surface area contributed by atoms with Crippen molar-refractivity contribution in [2.24, 2.45) is 5.92 Å². The first-order chi connectivity index (χ1) is 12.4. The maximum absolute atomic E-state index is 11.5. The number of halogens is 1. The van der Waals surface area contributed by atoms with Crippen LogP contribution in [0.5, 0.6) is 0 Å². The molecule has 0 radical (unpaired) electrons. The highest BCUT2D eigenvalue weighted by Crippen LogP contribution is 2.33. The Kier molecular flexibility index (Phi) is 7.86.